The standard InChI is InChI=1S/C50H57NO4Si2/c1-49(2,3)56(44-24-14-8-15-25-44,45-26-16-9-17-27-45)54-36-34-51(43-33-32-42(39-52)48(38-43)53-40-41-22-12-7-13-23-41)35-37-55-57(50(4,5)6,46-28-18-10-19-29-46)47-30-20-11-21-31-47/h7-33,38-39H,34-37,40H2,1-6H3. The Labute approximate surface area is 342 Å². The lowest BCUT2D eigenvalue weighted by Gasteiger charge is -2.44. The number of hydrogen-bond donors (Lipinski definition) is 0. The van der Waals surface area contributed by atoms with Gasteiger partial charge in [0.05, 0.1) is 18.8 Å². The predicted molar refractivity (Wildman–Crippen MR) is 242 cm³/mol. The maximum atomic E-state index is 12.3. The monoisotopic (exact) mass is 791 g/mol. The molecule has 0 unspecified atom stereocenters. The predicted octanol–water partition coefficient (Wildman–Crippen LogP) is 9.04. The van der Waals surface area contributed by atoms with Crippen molar-refractivity contribution in [2.75, 3.05) is 31.2 Å². The molecule has 0 aliphatic carbocycles. The summed E-state index contributed by atoms with van der Waals surface area (Å²) in [6.07, 6.45) is 0.868. The summed E-state index contributed by atoms with van der Waals surface area (Å²) >= 11 is 0. The number of ether oxygens (including phenoxy) is 1. The highest BCUT2D eigenvalue weighted by Crippen LogP contribution is 2.38. The van der Waals surface area contributed by atoms with Gasteiger partial charge >= 0.3 is 0 Å². The van der Waals surface area contributed by atoms with Crippen molar-refractivity contribution in [3.8, 4) is 5.75 Å². The van der Waals surface area contributed by atoms with E-state index in [1.54, 1.807) is 0 Å². The Hall–Kier alpha value is -5.06. The van der Waals surface area contributed by atoms with E-state index in [2.05, 4.69) is 168 Å². The highest BCUT2D eigenvalue weighted by atomic mass is 28.4. The number of carbonyl (C=O) groups is 1. The summed E-state index contributed by atoms with van der Waals surface area (Å²) in [6.45, 7) is 16.4. The number of nitrogens with zero attached hydrogens (tertiary/aromatic N) is 1. The minimum Gasteiger partial charge on any atom is -0.488 e. The van der Waals surface area contributed by atoms with Gasteiger partial charge in [-0.3, -0.25) is 4.79 Å². The van der Waals surface area contributed by atoms with Gasteiger partial charge in [-0.05, 0) is 48.5 Å². The summed E-state index contributed by atoms with van der Waals surface area (Å²) < 4.78 is 21.2. The Bertz CT molecular complexity index is 1950. The molecular weight excluding hydrogens is 735 g/mol. The molecule has 0 N–H and O–H groups in total. The minimum atomic E-state index is -2.79. The fraction of sp³-hybridized carbons (Fsp3) is 0.260. The number of anilines is 1. The maximum absolute atomic E-state index is 12.3. The lowest BCUT2D eigenvalue weighted by Crippen LogP contribution is -2.67. The van der Waals surface area contributed by atoms with Gasteiger partial charge in [-0.1, -0.05) is 193 Å². The zero-order valence-corrected chi connectivity index (χ0v) is 36.4. The molecule has 0 atom stereocenters. The molecule has 0 bridgehead atoms. The van der Waals surface area contributed by atoms with Crippen LogP contribution in [0, 0.1) is 0 Å². The van der Waals surface area contributed by atoms with Crippen molar-refractivity contribution in [3.63, 3.8) is 0 Å². The summed E-state index contributed by atoms with van der Waals surface area (Å²) in [5, 5.41) is 4.68. The van der Waals surface area contributed by atoms with Crippen LogP contribution >= 0.6 is 0 Å². The highest BCUT2D eigenvalue weighted by molar-refractivity contribution is 7.00. The van der Waals surface area contributed by atoms with E-state index in [4.69, 9.17) is 13.6 Å². The van der Waals surface area contributed by atoms with Gasteiger partial charge in [0.2, 0.25) is 0 Å². The van der Waals surface area contributed by atoms with Gasteiger partial charge in [0.1, 0.15) is 12.4 Å². The number of rotatable bonds is 17. The molecule has 6 aromatic rings. The third kappa shape index (κ3) is 9.24. The maximum Gasteiger partial charge on any atom is 0.261 e. The largest absolute Gasteiger partial charge is 0.488 e. The van der Waals surface area contributed by atoms with Crippen molar-refractivity contribution in [2.24, 2.45) is 0 Å². The van der Waals surface area contributed by atoms with Crippen molar-refractivity contribution in [1.29, 1.82) is 0 Å². The van der Waals surface area contributed by atoms with Crippen LogP contribution in [-0.4, -0.2) is 49.2 Å². The molecule has 0 aromatic heterocycles. The van der Waals surface area contributed by atoms with E-state index >= 15 is 0 Å². The van der Waals surface area contributed by atoms with Crippen molar-refractivity contribution in [3.05, 3.63) is 181 Å². The minimum absolute atomic E-state index is 0.156. The zero-order chi connectivity index (χ0) is 40.4. The van der Waals surface area contributed by atoms with E-state index in [9.17, 15) is 4.79 Å². The van der Waals surface area contributed by atoms with E-state index < -0.39 is 16.6 Å². The van der Waals surface area contributed by atoms with Crippen LogP contribution in [0.4, 0.5) is 5.69 Å². The van der Waals surface area contributed by atoms with Crippen LogP contribution < -0.4 is 30.4 Å². The smallest absolute Gasteiger partial charge is 0.261 e. The second kappa shape index (κ2) is 18.5. The second-order valence-corrected chi connectivity index (χ2v) is 25.2. The molecule has 0 aliphatic heterocycles. The Morgan fingerprint density at radius 3 is 1.23 bits per heavy atom. The molecule has 0 heterocycles. The Morgan fingerprint density at radius 1 is 0.509 bits per heavy atom. The van der Waals surface area contributed by atoms with E-state index in [0.29, 0.717) is 44.2 Å². The quantitative estimate of drug-likeness (QED) is 0.0682. The number of carbonyl (C=O) groups excluding carboxylic acids is 1. The lowest BCUT2D eigenvalue weighted by molar-refractivity contribution is 0.111. The molecule has 57 heavy (non-hydrogen) atoms. The Kier molecular flexibility index (Phi) is 13.5. The van der Waals surface area contributed by atoms with Crippen LogP contribution in [0.15, 0.2) is 170 Å². The summed E-state index contributed by atoms with van der Waals surface area (Å²) in [4.78, 5) is 14.6. The molecular formula is C50H57NO4Si2. The average Bonchev–Trinajstić information content (AvgIpc) is 3.23. The van der Waals surface area contributed by atoms with Crippen molar-refractivity contribution >= 4 is 49.4 Å². The molecule has 294 valence electrons. The van der Waals surface area contributed by atoms with Crippen LogP contribution in [0.2, 0.25) is 10.1 Å². The van der Waals surface area contributed by atoms with Gasteiger partial charge in [-0.2, -0.15) is 0 Å². The summed E-state index contributed by atoms with van der Waals surface area (Å²) in [5.74, 6) is 0.553. The molecule has 0 fully saturated rings. The van der Waals surface area contributed by atoms with Crippen LogP contribution in [0.3, 0.4) is 0 Å². The van der Waals surface area contributed by atoms with Gasteiger partial charge in [-0.25, -0.2) is 0 Å². The van der Waals surface area contributed by atoms with Gasteiger partial charge in [-0.15, -0.1) is 0 Å². The first kappa shape index (κ1) is 41.6. The number of hydrogen-bond acceptors (Lipinski definition) is 5. The first-order chi connectivity index (χ1) is 27.5. The summed E-state index contributed by atoms with van der Waals surface area (Å²) in [6, 6.07) is 59.0. The molecule has 7 heteroatoms. The first-order valence-electron chi connectivity index (χ1n) is 20.0. The van der Waals surface area contributed by atoms with E-state index in [0.717, 1.165) is 17.5 Å². The topological polar surface area (TPSA) is 48.0 Å². The average molecular weight is 792 g/mol. The third-order valence-electron chi connectivity index (χ3n) is 10.9. The molecule has 6 rings (SSSR count). The van der Waals surface area contributed by atoms with Gasteiger partial charge in [0, 0.05) is 24.8 Å². The fourth-order valence-electron chi connectivity index (χ4n) is 8.19. The fourth-order valence-corrected chi connectivity index (χ4v) is 17.3. The van der Waals surface area contributed by atoms with Crippen LogP contribution in [0.5, 0.6) is 5.75 Å². The van der Waals surface area contributed by atoms with Crippen molar-refractivity contribution < 1.29 is 18.4 Å². The molecule has 0 radical (unpaired) electrons. The zero-order valence-electron chi connectivity index (χ0n) is 34.4. The lowest BCUT2D eigenvalue weighted by atomic mass is 10.1. The summed E-state index contributed by atoms with van der Waals surface area (Å²) in [5.41, 5.74) is 2.50. The number of aldehydes is 1. The normalized spacial score (nSPS) is 12.2. The molecule has 0 aliphatic rings. The van der Waals surface area contributed by atoms with Crippen molar-refractivity contribution in [1.82, 2.24) is 0 Å². The SMILES string of the molecule is CC(C)(C)[Si](OCCN(CCO[Si](c1ccccc1)(c1ccccc1)C(C)(C)C)c1ccc(C=O)c(OCc2ccccc2)c1)(c1ccccc1)c1ccccc1. The van der Waals surface area contributed by atoms with E-state index in [-0.39, 0.29) is 10.1 Å². The van der Waals surface area contributed by atoms with Gasteiger partial charge < -0.3 is 18.5 Å². The first-order valence-corrected chi connectivity index (χ1v) is 23.8. The Morgan fingerprint density at radius 2 is 0.877 bits per heavy atom. The van der Waals surface area contributed by atoms with E-state index in [1.165, 1.54) is 20.7 Å². The van der Waals surface area contributed by atoms with Crippen LogP contribution in [0.1, 0.15) is 57.5 Å². The van der Waals surface area contributed by atoms with Crippen LogP contribution in [0.25, 0.3) is 0 Å². The molecule has 5 nitrogen and oxygen atoms in total. The van der Waals surface area contributed by atoms with E-state index in [1.807, 2.05) is 48.5 Å². The van der Waals surface area contributed by atoms with Gasteiger partial charge in [0.15, 0.2) is 6.29 Å². The van der Waals surface area contributed by atoms with Gasteiger partial charge in [0.25, 0.3) is 16.6 Å². The second-order valence-electron chi connectivity index (χ2n) is 16.6. The summed E-state index contributed by atoms with van der Waals surface area (Å²) in [7, 11) is -5.58. The third-order valence-corrected chi connectivity index (χ3v) is 21.0. The Balaban J connectivity index is 1.36. The molecule has 0 amide bonds. The number of benzene rings is 6. The molecule has 0 spiro atoms. The molecule has 0 saturated carbocycles. The molecule has 6 aromatic carbocycles. The van der Waals surface area contributed by atoms with Crippen molar-refractivity contribution in [2.45, 2.75) is 58.2 Å². The highest BCUT2D eigenvalue weighted by Gasteiger charge is 2.51. The molecule has 0 saturated heterocycles. The van der Waals surface area contributed by atoms with Crippen LogP contribution in [-0.2, 0) is 15.5 Å².